The van der Waals surface area contributed by atoms with Crippen LogP contribution in [0.25, 0.3) is 0 Å². The third-order valence-corrected chi connectivity index (χ3v) is 5.16. The third kappa shape index (κ3) is 4.23. The number of benzene rings is 2. The number of carboxylic acids is 1. The van der Waals surface area contributed by atoms with E-state index in [0.29, 0.717) is 11.6 Å². The summed E-state index contributed by atoms with van der Waals surface area (Å²) < 4.78 is 0. The first-order valence-electron chi connectivity index (χ1n) is 8.74. The third-order valence-electron chi connectivity index (χ3n) is 4.91. The van der Waals surface area contributed by atoms with Gasteiger partial charge in [-0.25, -0.2) is 0 Å². The number of hydrogen-bond donors (Lipinski definition) is 1. The van der Waals surface area contributed by atoms with Gasteiger partial charge in [-0.2, -0.15) is 0 Å². The first kappa shape index (κ1) is 18.0. The van der Waals surface area contributed by atoms with Crippen LogP contribution < -0.4 is 0 Å². The maximum atomic E-state index is 11.5. The van der Waals surface area contributed by atoms with E-state index >= 15 is 0 Å². The molecule has 25 heavy (non-hydrogen) atoms. The largest absolute Gasteiger partial charge is 0.481 e. The van der Waals surface area contributed by atoms with Gasteiger partial charge < -0.3 is 5.11 Å². The molecular formula is C21H24ClNO2. The molecule has 1 aliphatic rings. The summed E-state index contributed by atoms with van der Waals surface area (Å²) in [7, 11) is 0. The second-order valence-electron chi connectivity index (χ2n) is 7.05. The molecule has 1 N–H and O–H groups in total. The summed E-state index contributed by atoms with van der Waals surface area (Å²) in [5, 5.41) is 10.2. The maximum absolute atomic E-state index is 11.5. The first-order chi connectivity index (χ1) is 11.9. The molecule has 1 heterocycles. The van der Waals surface area contributed by atoms with Gasteiger partial charge in [0, 0.05) is 11.6 Å². The number of aliphatic carboxylic acids is 1. The average molecular weight is 358 g/mol. The fourth-order valence-corrected chi connectivity index (χ4v) is 4.00. The molecule has 2 atom stereocenters. The molecule has 1 saturated heterocycles. The summed E-state index contributed by atoms with van der Waals surface area (Å²) in [6.45, 7) is 5.69. The lowest BCUT2D eigenvalue weighted by atomic mass is 9.90. The predicted octanol–water partition coefficient (Wildman–Crippen LogP) is 4.84. The van der Waals surface area contributed by atoms with Gasteiger partial charge in [0.05, 0.1) is 12.0 Å². The van der Waals surface area contributed by atoms with E-state index in [-0.39, 0.29) is 12.0 Å². The molecule has 2 aromatic carbocycles. The Morgan fingerprint density at radius 2 is 1.76 bits per heavy atom. The zero-order valence-electron chi connectivity index (χ0n) is 14.7. The minimum atomic E-state index is -0.694. The summed E-state index contributed by atoms with van der Waals surface area (Å²) in [6, 6.07) is 14.5. The lowest BCUT2D eigenvalue weighted by Gasteiger charge is -2.38. The van der Waals surface area contributed by atoms with Crippen LogP contribution in [0.15, 0.2) is 42.5 Å². The Morgan fingerprint density at radius 1 is 1.12 bits per heavy atom. The van der Waals surface area contributed by atoms with Crippen molar-refractivity contribution in [3.8, 4) is 0 Å². The maximum Gasteiger partial charge on any atom is 0.307 e. The Bertz CT molecular complexity index is 737. The van der Waals surface area contributed by atoms with Gasteiger partial charge in [0.25, 0.3) is 0 Å². The van der Waals surface area contributed by atoms with Crippen molar-refractivity contribution in [2.24, 2.45) is 5.92 Å². The predicted molar refractivity (Wildman–Crippen MR) is 101 cm³/mol. The molecule has 3 rings (SSSR count). The van der Waals surface area contributed by atoms with E-state index in [0.717, 1.165) is 24.9 Å². The number of nitrogens with zero attached hydrogens (tertiary/aromatic N) is 1. The molecule has 0 radical (unpaired) electrons. The quantitative estimate of drug-likeness (QED) is 0.850. The second kappa shape index (κ2) is 7.59. The van der Waals surface area contributed by atoms with E-state index in [2.05, 4.69) is 49.1 Å². The SMILES string of the molecule is Cc1cc(C)cc(C(c2ccc(Cl)cc2)N2CCCC(C(=O)O)C2)c1. The lowest BCUT2D eigenvalue weighted by molar-refractivity contribution is -0.143. The monoisotopic (exact) mass is 357 g/mol. The highest BCUT2D eigenvalue weighted by molar-refractivity contribution is 6.30. The first-order valence-corrected chi connectivity index (χ1v) is 9.12. The van der Waals surface area contributed by atoms with Crippen LogP contribution in [0.2, 0.25) is 5.02 Å². The van der Waals surface area contributed by atoms with Gasteiger partial charge in [0.1, 0.15) is 0 Å². The number of halogens is 1. The van der Waals surface area contributed by atoms with Crippen molar-refractivity contribution < 1.29 is 9.90 Å². The topological polar surface area (TPSA) is 40.5 Å². The molecule has 1 fully saturated rings. The molecule has 0 saturated carbocycles. The Hall–Kier alpha value is -1.84. The van der Waals surface area contributed by atoms with Gasteiger partial charge in [-0.15, -0.1) is 0 Å². The molecule has 2 aromatic rings. The lowest BCUT2D eigenvalue weighted by Crippen LogP contribution is -2.41. The summed E-state index contributed by atoms with van der Waals surface area (Å²) in [5.41, 5.74) is 4.81. The van der Waals surface area contributed by atoms with Crippen molar-refractivity contribution in [1.29, 1.82) is 0 Å². The van der Waals surface area contributed by atoms with Crippen LogP contribution in [0.3, 0.4) is 0 Å². The summed E-state index contributed by atoms with van der Waals surface area (Å²) in [4.78, 5) is 13.8. The van der Waals surface area contributed by atoms with Crippen molar-refractivity contribution in [1.82, 2.24) is 4.90 Å². The van der Waals surface area contributed by atoms with Crippen molar-refractivity contribution in [2.75, 3.05) is 13.1 Å². The number of hydrogen-bond acceptors (Lipinski definition) is 2. The normalized spacial score (nSPS) is 19.6. The zero-order valence-corrected chi connectivity index (χ0v) is 15.5. The van der Waals surface area contributed by atoms with Gasteiger partial charge in [-0.05, 0) is 56.5 Å². The Morgan fingerprint density at radius 3 is 2.36 bits per heavy atom. The van der Waals surface area contributed by atoms with E-state index in [9.17, 15) is 9.90 Å². The van der Waals surface area contributed by atoms with Crippen LogP contribution in [0, 0.1) is 19.8 Å². The Kier molecular flexibility index (Phi) is 5.45. The number of rotatable bonds is 4. The van der Waals surface area contributed by atoms with Crippen molar-refractivity contribution in [3.05, 3.63) is 69.7 Å². The molecule has 4 heteroatoms. The number of aryl methyl sites for hydroxylation is 2. The molecule has 0 amide bonds. The Balaban J connectivity index is 2.02. The van der Waals surface area contributed by atoms with Crippen LogP contribution in [-0.4, -0.2) is 29.1 Å². The van der Waals surface area contributed by atoms with Gasteiger partial charge in [-0.3, -0.25) is 9.69 Å². The smallest absolute Gasteiger partial charge is 0.307 e. The van der Waals surface area contributed by atoms with Gasteiger partial charge >= 0.3 is 5.97 Å². The summed E-state index contributed by atoms with van der Waals surface area (Å²) in [6.07, 6.45) is 1.66. The molecule has 1 aliphatic heterocycles. The highest BCUT2D eigenvalue weighted by atomic mass is 35.5. The van der Waals surface area contributed by atoms with Gasteiger partial charge in [-0.1, -0.05) is 53.1 Å². The van der Waals surface area contributed by atoms with E-state index in [4.69, 9.17) is 11.6 Å². The van der Waals surface area contributed by atoms with Crippen molar-refractivity contribution >= 4 is 17.6 Å². The van der Waals surface area contributed by atoms with Crippen LogP contribution in [0.1, 0.15) is 41.1 Å². The van der Waals surface area contributed by atoms with E-state index in [1.807, 2.05) is 12.1 Å². The number of carboxylic acid groups (broad SMARTS) is 1. The van der Waals surface area contributed by atoms with Crippen LogP contribution in [-0.2, 0) is 4.79 Å². The number of carbonyl (C=O) groups is 1. The minimum Gasteiger partial charge on any atom is -0.481 e. The van der Waals surface area contributed by atoms with Crippen LogP contribution in [0.5, 0.6) is 0 Å². The van der Waals surface area contributed by atoms with Gasteiger partial charge in [0.15, 0.2) is 0 Å². The number of likely N-dealkylation sites (tertiary alicyclic amines) is 1. The molecule has 132 valence electrons. The van der Waals surface area contributed by atoms with E-state index < -0.39 is 5.97 Å². The molecule has 2 unspecified atom stereocenters. The minimum absolute atomic E-state index is 0.0537. The average Bonchev–Trinajstić information content (AvgIpc) is 2.56. The van der Waals surface area contributed by atoms with E-state index in [1.54, 1.807) is 0 Å². The van der Waals surface area contributed by atoms with Crippen molar-refractivity contribution in [2.45, 2.75) is 32.7 Å². The number of piperidine rings is 1. The fraction of sp³-hybridized carbons (Fsp3) is 0.381. The molecular weight excluding hydrogens is 334 g/mol. The van der Waals surface area contributed by atoms with Crippen molar-refractivity contribution in [3.63, 3.8) is 0 Å². The Labute approximate surface area is 154 Å². The zero-order chi connectivity index (χ0) is 18.0. The second-order valence-corrected chi connectivity index (χ2v) is 7.48. The summed E-state index contributed by atoms with van der Waals surface area (Å²) in [5.74, 6) is -0.991. The molecule has 0 spiro atoms. The van der Waals surface area contributed by atoms with Crippen LogP contribution >= 0.6 is 11.6 Å². The highest BCUT2D eigenvalue weighted by Crippen LogP contribution is 2.34. The molecule has 0 aliphatic carbocycles. The van der Waals surface area contributed by atoms with Crippen LogP contribution in [0.4, 0.5) is 0 Å². The van der Waals surface area contributed by atoms with Gasteiger partial charge in [0.2, 0.25) is 0 Å². The molecule has 3 nitrogen and oxygen atoms in total. The molecule has 0 aromatic heterocycles. The highest BCUT2D eigenvalue weighted by Gasteiger charge is 2.31. The van der Waals surface area contributed by atoms with E-state index in [1.165, 1.54) is 16.7 Å². The summed E-state index contributed by atoms with van der Waals surface area (Å²) >= 11 is 6.07. The molecule has 0 bridgehead atoms. The fourth-order valence-electron chi connectivity index (χ4n) is 3.87. The standard InChI is InChI=1S/C21H24ClNO2/c1-14-10-15(2)12-18(11-14)20(16-5-7-19(22)8-6-16)23-9-3-4-17(13-23)21(24)25/h5-8,10-12,17,20H,3-4,9,13H2,1-2H3,(H,24,25).